The van der Waals surface area contributed by atoms with E-state index in [0.29, 0.717) is 19.5 Å². The van der Waals surface area contributed by atoms with Gasteiger partial charge in [-0.2, -0.15) is 0 Å². The zero-order valence-electron chi connectivity index (χ0n) is 12.6. The number of carbonyl (C=O) groups excluding carboxylic acids is 2. The molecule has 0 unspecified atom stereocenters. The molecule has 0 aromatic carbocycles. The van der Waals surface area contributed by atoms with Gasteiger partial charge in [0.1, 0.15) is 12.4 Å². The summed E-state index contributed by atoms with van der Waals surface area (Å²) in [4.78, 5) is 19.9. The zero-order chi connectivity index (χ0) is 14.9. The molecule has 0 atom stereocenters. The van der Waals surface area contributed by atoms with Gasteiger partial charge in [0, 0.05) is 13.0 Å². The summed E-state index contributed by atoms with van der Waals surface area (Å²) in [7, 11) is 1.84. The third-order valence-corrected chi connectivity index (χ3v) is 2.16. The van der Waals surface area contributed by atoms with Gasteiger partial charge >= 0.3 is 0 Å². The molecule has 0 saturated heterocycles. The smallest absolute Gasteiger partial charge is 0.293 e. The first-order valence-electron chi connectivity index (χ1n) is 6.74. The largest absolute Gasteiger partial charge is 0.463 e. The first-order chi connectivity index (χ1) is 9.20. The lowest BCUT2D eigenvalue weighted by Crippen LogP contribution is -2.10. The number of rotatable bonds is 6. The fourth-order valence-electron chi connectivity index (χ4n) is 1.21. The van der Waals surface area contributed by atoms with Crippen molar-refractivity contribution >= 4 is 12.3 Å². The van der Waals surface area contributed by atoms with Crippen LogP contribution in [0.4, 0.5) is 0 Å². The van der Waals surface area contributed by atoms with Crippen molar-refractivity contribution in [2.75, 3.05) is 20.2 Å². The molecule has 110 valence electrons. The van der Waals surface area contributed by atoms with Crippen molar-refractivity contribution in [2.45, 2.75) is 40.0 Å². The summed E-state index contributed by atoms with van der Waals surface area (Å²) < 4.78 is 4.59. The van der Waals surface area contributed by atoms with Crippen LogP contribution in [-0.4, -0.2) is 32.5 Å². The van der Waals surface area contributed by atoms with Crippen molar-refractivity contribution in [1.82, 2.24) is 5.32 Å². The maximum atomic E-state index is 10.2. The lowest BCUT2D eigenvalue weighted by atomic mass is 10.1. The third-order valence-electron chi connectivity index (χ3n) is 2.16. The fraction of sp³-hybridized carbons (Fsp3) is 0.600. The van der Waals surface area contributed by atoms with Gasteiger partial charge in [-0.15, -0.1) is 0 Å². The molecular weight excluding hydrogens is 242 g/mol. The zero-order valence-corrected chi connectivity index (χ0v) is 12.6. The Morgan fingerprint density at radius 1 is 1.47 bits per heavy atom. The van der Waals surface area contributed by atoms with E-state index in [0.717, 1.165) is 19.4 Å². The molecule has 0 saturated carbocycles. The van der Waals surface area contributed by atoms with Crippen LogP contribution in [0, 0.1) is 0 Å². The summed E-state index contributed by atoms with van der Waals surface area (Å²) in [6, 6.07) is 0. The summed E-state index contributed by atoms with van der Waals surface area (Å²) in [5, 5.41) is 2.88. The van der Waals surface area contributed by atoms with E-state index in [1.807, 2.05) is 33.0 Å². The minimum Gasteiger partial charge on any atom is -0.463 e. The van der Waals surface area contributed by atoms with Crippen LogP contribution in [0.15, 0.2) is 23.8 Å². The van der Waals surface area contributed by atoms with E-state index in [1.165, 1.54) is 5.57 Å². The second-order valence-corrected chi connectivity index (χ2v) is 3.75. The number of ketones is 1. The average Bonchev–Trinajstić information content (AvgIpc) is 2.47. The van der Waals surface area contributed by atoms with Crippen molar-refractivity contribution in [3.8, 4) is 0 Å². The standard InChI is InChI=1S/C8H10O2.C5H11NO.C2H6/c9-7-10-6-8-4-2-1-3-5-8;1-5(7)3-4-6-2;1-2/h1-2,4,7H,3,5-6H2;6H,3-4H2,1-2H3;1-2H3. The highest BCUT2D eigenvalue weighted by atomic mass is 16.5. The first-order valence-corrected chi connectivity index (χ1v) is 6.74. The van der Waals surface area contributed by atoms with Gasteiger partial charge in [-0.1, -0.05) is 32.1 Å². The Labute approximate surface area is 116 Å². The van der Waals surface area contributed by atoms with E-state index >= 15 is 0 Å². The predicted octanol–water partition coefficient (Wildman–Crippen LogP) is 2.65. The number of hydrogen-bond acceptors (Lipinski definition) is 4. The third kappa shape index (κ3) is 16.6. The van der Waals surface area contributed by atoms with E-state index < -0.39 is 0 Å². The Hall–Kier alpha value is -1.42. The minimum atomic E-state index is 0.245. The molecule has 1 rings (SSSR count). The Morgan fingerprint density at radius 2 is 2.16 bits per heavy atom. The minimum absolute atomic E-state index is 0.245. The molecule has 0 amide bonds. The summed E-state index contributed by atoms with van der Waals surface area (Å²) >= 11 is 0. The SMILES string of the molecule is CC.CNCCC(C)=O.O=COCC1=CC=CCC1. The predicted molar refractivity (Wildman–Crippen MR) is 79.0 cm³/mol. The molecule has 0 aliphatic heterocycles. The monoisotopic (exact) mass is 269 g/mol. The normalized spacial score (nSPS) is 12.1. The van der Waals surface area contributed by atoms with Crippen LogP contribution < -0.4 is 5.32 Å². The summed E-state index contributed by atoms with van der Waals surface area (Å²) in [5.41, 5.74) is 1.19. The highest BCUT2D eigenvalue weighted by Gasteiger charge is 1.98. The van der Waals surface area contributed by atoms with Crippen molar-refractivity contribution in [1.29, 1.82) is 0 Å². The molecule has 0 fully saturated rings. The van der Waals surface area contributed by atoms with Gasteiger partial charge in [0.25, 0.3) is 6.47 Å². The molecule has 1 aliphatic rings. The lowest BCUT2D eigenvalue weighted by Gasteiger charge is -2.05. The van der Waals surface area contributed by atoms with Gasteiger partial charge in [0.05, 0.1) is 0 Å². The average molecular weight is 269 g/mol. The quantitative estimate of drug-likeness (QED) is 0.753. The lowest BCUT2D eigenvalue weighted by molar-refractivity contribution is -0.127. The van der Waals surface area contributed by atoms with Gasteiger partial charge in [-0.05, 0) is 32.4 Å². The number of Topliss-reactive ketones (excluding diaryl/α,β-unsaturated/α-hetero) is 1. The number of allylic oxidation sites excluding steroid dienone is 3. The summed E-state index contributed by atoms with van der Waals surface area (Å²) in [6.45, 7) is 7.33. The van der Waals surface area contributed by atoms with Gasteiger partial charge in [0.2, 0.25) is 0 Å². The van der Waals surface area contributed by atoms with E-state index in [2.05, 4.69) is 16.1 Å². The molecule has 0 bridgehead atoms. The van der Waals surface area contributed by atoms with Crippen LogP contribution in [0.3, 0.4) is 0 Å². The fourth-order valence-corrected chi connectivity index (χ4v) is 1.21. The van der Waals surface area contributed by atoms with Crippen LogP contribution in [-0.2, 0) is 14.3 Å². The van der Waals surface area contributed by atoms with Crippen molar-refractivity contribution in [3.63, 3.8) is 0 Å². The summed E-state index contributed by atoms with van der Waals surface area (Å²) in [6.07, 6.45) is 8.82. The molecule has 0 spiro atoms. The molecule has 19 heavy (non-hydrogen) atoms. The van der Waals surface area contributed by atoms with E-state index in [-0.39, 0.29) is 5.78 Å². The highest BCUT2D eigenvalue weighted by Crippen LogP contribution is 2.10. The van der Waals surface area contributed by atoms with E-state index in [4.69, 9.17) is 0 Å². The molecular formula is C15H27NO3. The molecule has 0 radical (unpaired) electrons. The second kappa shape index (κ2) is 16.6. The van der Waals surface area contributed by atoms with Crippen LogP contribution in [0.5, 0.6) is 0 Å². The molecule has 0 aromatic heterocycles. The molecule has 0 aromatic rings. The van der Waals surface area contributed by atoms with Crippen molar-refractivity contribution in [2.24, 2.45) is 0 Å². The van der Waals surface area contributed by atoms with E-state index in [1.54, 1.807) is 6.92 Å². The molecule has 4 nitrogen and oxygen atoms in total. The van der Waals surface area contributed by atoms with Gasteiger partial charge in [-0.3, -0.25) is 9.59 Å². The molecule has 1 aliphatic carbocycles. The Bertz CT molecular complexity index is 283. The van der Waals surface area contributed by atoms with E-state index in [9.17, 15) is 9.59 Å². The molecule has 0 heterocycles. The number of nitrogens with one attached hydrogen (secondary N) is 1. The Kier molecular flexibility index (Phi) is 17.4. The Balaban J connectivity index is 0. The van der Waals surface area contributed by atoms with Crippen molar-refractivity contribution in [3.05, 3.63) is 23.8 Å². The van der Waals surface area contributed by atoms with Gasteiger partial charge in [0.15, 0.2) is 0 Å². The first kappa shape index (κ1) is 19.9. The van der Waals surface area contributed by atoms with Crippen molar-refractivity contribution < 1.29 is 14.3 Å². The second-order valence-electron chi connectivity index (χ2n) is 3.75. The maximum absolute atomic E-state index is 10.2. The topological polar surface area (TPSA) is 55.4 Å². The number of hydrogen-bond donors (Lipinski definition) is 1. The molecule has 1 N–H and O–H groups in total. The maximum Gasteiger partial charge on any atom is 0.293 e. The number of carbonyl (C=O) groups is 2. The van der Waals surface area contributed by atoms with Gasteiger partial charge < -0.3 is 10.1 Å². The molecule has 4 heteroatoms. The number of ether oxygens (including phenoxy) is 1. The Morgan fingerprint density at radius 3 is 2.53 bits per heavy atom. The van der Waals surface area contributed by atoms with Gasteiger partial charge in [-0.25, -0.2) is 0 Å². The highest BCUT2D eigenvalue weighted by molar-refractivity contribution is 5.75. The van der Waals surface area contributed by atoms with Crippen LogP contribution in [0.1, 0.15) is 40.0 Å². The van der Waals surface area contributed by atoms with Crippen LogP contribution in [0.25, 0.3) is 0 Å². The van der Waals surface area contributed by atoms with Crippen LogP contribution >= 0.6 is 0 Å². The van der Waals surface area contributed by atoms with Crippen LogP contribution in [0.2, 0.25) is 0 Å². The summed E-state index contributed by atoms with van der Waals surface area (Å²) in [5.74, 6) is 0.245.